The lowest BCUT2D eigenvalue weighted by Gasteiger charge is -2.11. The van der Waals surface area contributed by atoms with Crippen molar-refractivity contribution in [2.45, 2.75) is 11.5 Å². The number of hydrogen-bond acceptors (Lipinski definition) is 3. The van der Waals surface area contributed by atoms with Crippen molar-refractivity contribution in [1.29, 1.82) is 0 Å². The molecular weight excluding hydrogens is 366 g/mol. The molecule has 0 radical (unpaired) electrons. The van der Waals surface area contributed by atoms with Crippen LogP contribution in [-0.2, 0) is 21.4 Å². The fourth-order valence-corrected chi connectivity index (χ4v) is 4.77. The number of nitrogens with zero attached hydrogens (tertiary/aromatic N) is 1. The predicted molar refractivity (Wildman–Crippen MR) is 89.4 cm³/mol. The van der Waals surface area contributed by atoms with E-state index in [1.165, 1.54) is 3.97 Å². The first-order chi connectivity index (χ1) is 10.6. The summed E-state index contributed by atoms with van der Waals surface area (Å²) in [6, 6.07) is 15.8. The minimum Gasteiger partial charge on any atom is -0.378 e. The third kappa shape index (κ3) is 2.37. The molecule has 0 aliphatic carbocycles. The first-order valence-electron chi connectivity index (χ1n) is 6.64. The van der Waals surface area contributed by atoms with Crippen LogP contribution in [0.1, 0.15) is 5.69 Å². The van der Waals surface area contributed by atoms with Crippen molar-refractivity contribution in [1.82, 2.24) is 3.97 Å². The molecule has 3 rings (SSSR count). The lowest BCUT2D eigenvalue weighted by Crippen LogP contribution is -2.16. The van der Waals surface area contributed by atoms with E-state index in [1.807, 2.05) is 18.2 Å². The Morgan fingerprint density at radius 1 is 1.05 bits per heavy atom. The summed E-state index contributed by atoms with van der Waals surface area (Å²) in [6.45, 7) is 0.196. The molecule has 0 N–H and O–H groups in total. The maximum Gasteiger partial charge on any atom is 0.268 e. The lowest BCUT2D eigenvalue weighted by molar-refractivity contribution is 0.180. The van der Waals surface area contributed by atoms with Gasteiger partial charge in [-0.2, -0.15) is 0 Å². The van der Waals surface area contributed by atoms with Gasteiger partial charge in [-0.3, -0.25) is 0 Å². The van der Waals surface area contributed by atoms with Gasteiger partial charge < -0.3 is 4.74 Å². The number of rotatable bonds is 4. The molecule has 0 spiro atoms. The van der Waals surface area contributed by atoms with Gasteiger partial charge in [-0.1, -0.05) is 36.4 Å². The highest BCUT2D eigenvalue weighted by Crippen LogP contribution is 2.34. The summed E-state index contributed by atoms with van der Waals surface area (Å²) in [4.78, 5) is 0.251. The van der Waals surface area contributed by atoms with E-state index >= 15 is 0 Å². The van der Waals surface area contributed by atoms with Crippen LogP contribution in [0.3, 0.4) is 0 Å². The molecule has 0 atom stereocenters. The number of ether oxygens (including phenoxy) is 1. The Morgan fingerprint density at radius 3 is 2.36 bits per heavy atom. The number of para-hydroxylation sites is 1. The summed E-state index contributed by atoms with van der Waals surface area (Å²) in [5.74, 6) is 0. The molecule has 0 saturated carbocycles. The van der Waals surface area contributed by atoms with Gasteiger partial charge in [0.05, 0.1) is 22.7 Å². The van der Waals surface area contributed by atoms with E-state index in [9.17, 15) is 8.42 Å². The second-order valence-corrected chi connectivity index (χ2v) is 7.37. The second-order valence-electron chi connectivity index (χ2n) is 4.79. The Labute approximate surface area is 137 Å². The van der Waals surface area contributed by atoms with E-state index in [2.05, 4.69) is 15.9 Å². The lowest BCUT2D eigenvalue weighted by atomic mass is 10.2. The average Bonchev–Trinajstić information content (AvgIpc) is 2.82. The van der Waals surface area contributed by atoms with Crippen molar-refractivity contribution in [2.24, 2.45) is 0 Å². The Hall–Kier alpha value is -1.63. The number of methoxy groups -OCH3 is 1. The van der Waals surface area contributed by atoms with Gasteiger partial charge in [0.15, 0.2) is 0 Å². The van der Waals surface area contributed by atoms with Crippen LogP contribution in [0.2, 0.25) is 0 Å². The molecule has 0 bridgehead atoms. The maximum absolute atomic E-state index is 13.0. The molecule has 1 aromatic heterocycles. The number of hydrogen-bond donors (Lipinski definition) is 0. The number of benzene rings is 2. The van der Waals surface area contributed by atoms with E-state index in [0.29, 0.717) is 11.2 Å². The predicted octanol–water partition coefficient (Wildman–Crippen LogP) is 3.79. The molecule has 2 aromatic carbocycles. The molecule has 1 heterocycles. The fraction of sp³-hybridized carbons (Fsp3) is 0.125. The summed E-state index contributed by atoms with van der Waals surface area (Å²) >= 11 is 3.50. The standard InChI is InChI=1S/C16H14BrNO3S/c1-21-11-15-16(17)13-9-5-6-10-14(13)18(15)22(19,20)12-7-3-2-4-8-12/h2-10H,11H2,1H3. The molecule has 0 fully saturated rings. The van der Waals surface area contributed by atoms with E-state index < -0.39 is 10.0 Å². The molecule has 22 heavy (non-hydrogen) atoms. The van der Waals surface area contributed by atoms with Gasteiger partial charge in [0.25, 0.3) is 10.0 Å². The van der Waals surface area contributed by atoms with Gasteiger partial charge in [-0.05, 0) is 34.1 Å². The minimum atomic E-state index is -3.69. The highest BCUT2D eigenvalue weighted by Gasteiger charge is 2.25. The minimum absolute atomic E-state index is 0.196. The summed E-state index contributed by atoms with van der Waals surface area (Å²) in [5.41, 5.74) is 1.21. The van der Waals surface area contributed by atoms with Crippen LogP contribution in [0, 0.1) is 0 Å². The zero-order chi connectivity index (χ0) is 15.7. The summed E-state index contributed by atoms with van der Waals surface area (Å²) in [6.07, 6.45) is 0. The molecule has 4 nitrogen and oxygen atoms in total. The van der Waals surface area contributed by atoms with Gasteiger partial charge in [0.1, 0.15) is 0 Å². The van der Waals surface area contributed by atoms with E-state index in [0.717, 1.165) is 9.86 Å². The Bertz CT molecular complexity index is 917. The van der Waals surface area contributed by atoms with E-state index in [4.69, 9.17) is 4.74 Å². The van der Waals surface area contributed by atoms with Gasteiger partial charge in [0, 0.05) is 17.0 Å². The van der Waals surface area contributed by atoms with Crippen molar-refractivity contribution in [3.05, 3.63) is 64.8 Å². The molecule has 0 aliphatic heterocycles. The fourth-order valence-electron chi connectivity index (χ4n) is 2.46. The van der Waals surface area contributed by atoms with Crippen LogP contribution in [0.25, 0.3) is 10.9 Å². The third-order valence-electron chi connectivity index (χ3n) is 3.42. The molecule has 0 saturated heterocycles. The maximum atomic E-state index is 13.0. The topological polar surface area (TPSA) is 48.3 Å². The van der Waals surface area contributed by atoms with Crippen molar-refractivity contribution in [3.8, 4) is 0 Å². The van der Waals surface area contributed by atoms with Gasteiger partial charge in [-0.25, -0.2) is 12.4 Å². The summed E-state index contributed by atoms with van der Waals surface area (Å²) in [7, 11) is -2.15. The number of aromatic nitrogens is 1. The molecular formula is C16H14BrNO3S. The molecule has 0 amide bonds. The van der Waals surface area contributed by atoms with Crippen molar-refractivity contribution < 1.29 is 13.2 Å². The Kier molecular flexibility index (Phi) is 4.08. The molecule has 0 unspecified atom stereocenters. The van der Waals surface area contributed by atoms with Crippen LogP contribution in [0.4, 0.5) is 0 Å². The molecule has 114 valence electrons. The largest absolute Gasteiger partial charge is 0.378 e. The highest BCUT2D eigenvalue weighted by atomic mass is 79.9. The highest BCUT2D eigenvalue weighted by molar-refractivity contribution is 9.10. The number of fused-ring (bicyclic) bond motifs is 1. The van der Waals surface area contributed by atoms with Crippen molar-refractivity contribution in [2.75, 3.05) is 7.11 Å². The number of halogens is 1. The average molecular weight is 380 g/mol. The first-order valence-corrected chi connectivity index (χ1v) is 8.88. The van der Waals surface area contributed by atoms with Crippen molar-refractivity contribution in [3.63, 3.8) is 0 Å². The zero-order valence-corrected chi connectivity index (χ0v) is 14.3. The van der Waals surface area contributed by atoms with Crippen LogP contribution < -0.4 is 0 Å². The molecule has 6 heteroatoms. The Balaban J connectivity index is 2.37. The first kappa shape index (κ1) is 15.3. The Morgan fingerprint density at radius 2 is 1.68 bits per heavy atom. The second kappa shape index (κ2) is 5.87. The quantitative estimate of drug-likeness (QED) is 0.692. The van der Waals surface area contributed by atoms with Crippen LogP contribution in [0.5, 0.6) is 0 Å². The van der Waals surface area contributed by atoms with Gasteiger partial charge in [-0.15, -0.1) is 0 Å². The van der Waals surface area contributed by atoms with Gasteiger partial charge in [0.2, 0.25) is 0 Å². The molecule has 3 aromatic rings. The monoisotopic (exact) mass is 379 g/mol. The zero-order valence-electron chi connectivity index (χ0n) is 11.9. The normalized spacial score (nSPS) is 11.9. The van der Waals surface area contributed by atoms with Crippen LogP contribution in [-0.4, -0.2) is 19.5 Å². The summed E-state index contributed by atoms with van der Waals surface area (Å²) < 4.78 is 33.4. The van der Waals surface area contributed by atoms with Gasteiger partial charge >= 0.3 is 0 Å². The summed E-state index contributed by atoms with van der Waals surface area (Å²) in [5, 5.41) is 0.842. The van der Waals surface area contributed by atoms with Crippen LogP contribution in [0.15, 0.2) is 64.0 Å². The molecule has 0 aliphatic rings. The smallest absolute Gasteiger partial charge is 0.268 e. The third-order valence-corrected chi connectivity index (χ3v) is 6.07. The van der Waals surface area contributed by atoms with Crippen molar-refractivity contribution >= 4 is 36.9 Å². The van der Waals surface area contributed by atoms with E-state index in [1.54, 1.807) is 43.5 Å². The SMILES string of the molecule is COCc1c(Br)c2ccccc2n1S(=O)(=O)c1ccccc1. The van der Waals surface area contributed by atoms with Crippen LogP contribution >= 0.6 is 15.9 Å². The van der Waals surface area contributed by atoms with E-state index in [-0.39, 0.29) is 11.5 Å².